The van der Waals surface area contributed by atoms with Crippen LogP contribution in [-0.2, 0) is 4.89 Å². The second kappa shape index (κ2) is 11.9. The van der Waals surface area contributed by atoms with Gasteiger partial charge in [-0.15, -0.1) is 0 Å². The van der Waals surface area contributed by atoms with E-state index in [1.54, 1.807) is 0 Å². The molecule has 0 amide bonds. The SMILES string of the molecule is CCCCC1CCC(C(OO)C2CCC(C3CCC(CCC)CC3)CC2)CC1. The van der Waals surface area contributed by atoms with E-state index < -0.39 is 0 Å². The van der Waals surface area contributed by atoms with Crippen LogP contribution in [0.25, 0.3) is 0 Å². The minimum absolute atomic E-state index is 0.119. The van der Waals surface area contributed by atoms with Crippen molar-refractivity contribution in [3.05, 3.63) is 0 Å². The summed E-state index contributed by atoms with van der Waals surface area (Å²) >= 11 is 0. The smallest absolute Gasteiger partial charge is 0.0983 e. The summed E-state index contributed by atoms with van der Waals surface area (Å²) in [6.45, 7) is 4.64. The molecule has 3 aliphatic rings. The van der Waals surface area contributed by atoms with E-state index >= 15 is 0 Å². The third-order valence-corrected chi connectivity index (χ3v) is 8.98. The van der Waals surface area contributed by atoms with Crippen molar-refractivity contribution in [2.24, 2.45) is 35.5 Å². The van der Waals surface area contributed by atoms with Crippen LogP contribution in [0, 0.1) is 35.5 Å². The van der Waals surface area contributed by atoms with Crippen LogP contribution in [0.4, 0.5) is 0 Å². The first-order chi connectivity index (χ1) is 13.7. The van der Waals surface area contributed by atoms with Crippen molar-refractivity contribution in [1.82, 2.24) is 0 Å². The Kier molecular flexibility index (Phi) is 9.64. The third kappa shape index (κ3) is 6.21. The average Bonchev–Trinajstić information content (AvgIpc) is 2.75. The van der Waals surface area contributed by atoms with Crippen molar-refractivity contribution in [1.29, 1.82) is 0 Å². The fraction of sp³-hybridized carbons (Fsp3) is 1.00. The van der Waals surface area contributed by atoms with Crippen LogP contribution >= 0.6 is 0 Å². The topological polar surface area (TPSA) is 29.5 Å². The molecular weight excluding hydrogens is 344 g/mol. The number of hydrogen-bond donors (Lipinski definition) is 1. The maximum absolute atomic E-state index is 9.73. The molecule has 1 unspecified atom stereocenters. The summed E-state index contributed by atoms with van der Waals surface area (Å²) in [5.74, 6) is 5.13. The molecule has 2 nitrogen and oxygen atoms in total. The molecule has 1 atom stereocenters. The van der Waals surface area contributed by atoms with E-state index in [1.807, 2.05) is 0 Å². The number of rotatable bonds is 9. The van der Waals surface area contributed by atoms with Gasteiger partial charge in [-0.1, -0.05) is 71.6 Å². The maximum Gasteiger partial charge on any atom is 0.0983 e. The average molecular weight is 393 g/mol. The molecule has 28 heavy (non-hydrogen) atoms. The lowest BCUT2D eigenvalue weighted by molar-refractivity contribution is -0.307. The minimum atomic E-state index is 0.119. The Morgan fingerprint density at radius 1 is 0.643 bits per heavy atom. The molecule has 2 heteroatoms. The van der Waals surface area contributed by atoms with Gasteiger partial charge in [0, 0.05) is 0 Å². The summed E-state index contributed by atoms with van der Waals surface area (Å²) in [6, 6.07) is 0. The highest BCUT2D eigenvalue weighted by atomic mass is 17.1. The molecule has 3 rings (SSSR count). The summed E-state index contributed by atoms with van der Waals surface area (Å²) in [5, 5.41) is 9.73. The maximum atomic E-state index is 9.73. The van der Waals surface area contributed by atoms with E-state index in [2.05, 4.69) is 13.8 Å². The molecular formula is C26H48O2. The Morgan fingerprint density at radius 3 is 1.61 bits per heavy atom. The van der Waals surface area contributed by atoms with Gasteiger partial charge in [0.25, 0.3) is 0 Å². The second-order valence-electron chi connectivity index (χ2n) is 10.7. The zero-order valence-corrected chi connectivity index (χ0v) is 18.9. The molecule has 1 N–H and O–H groups in total. The Labute approximate surface area is 175 Å². The molecule has 0 radical (unpaired) electrons. The monoisotopic (exact) mass is 392 g/mol. The lowest BCUT2D eigenvalue weighted by atomic mass is 9.66. The highest BCUT2D eigenvalue weighted by Crippen LogP contribution is 2.45. The van der Waals surface area contributed by atoms with Crippen molar-refractivity contribution < 1.29 is 10.1 Å². The molecule has 3 fully saturated rings. The van der Waals surface area contributed by atoms with E-state index in [9.17, 15) is 5.26 Å². The van der Waals surface area contributed by atoms with Crippen LogP contribution in [0.15, 0.2) is 0 Å². The van der Waals surface area contributed by atoms with Crippen molar-refractivity contribution >= 4 is 0 Å². The third-order valence-electron chi connectivity index (χ3n) is 8.98. The number of hydrogen-bond acceptors (Lipinski definition) is 2. The van der Waals surface area contributed by atoms with Gasteiger partial charge in [-0.25, -0.2) is 4.89 Å². The van der Waals surface area contributed by atoms with Gasteiger partial charge in [0.05, 0.1) is 6.10 Å². The van der Waals surface area contributed by atoms with E-state index in [-0.39, 0.29) is 6.10 Å². The van der Waals surface area contributed by atoms with Gasteiger partial charge >= 0.3 is 0 Å². The van der Waals surface area contributed by atoms with E-state index in [0.29, 0.717) is 11.8 Å². The van der Waals surface area contributed by atoms with Crippen LogP contribution in [0.1, 0.15) is 123 Å². The normalized spacial score (nSPS) is 38.2. The lowest BCUT2D eigenvalue weighted by Crippen LogP contribution is -2.37. The predicted molar refractivity (Wildman–Crippen MR) is 118 cm³/mol. The van der Waals surface area contributed by atoms with Gasteiger partial charge in [0.15, 0.2) is 0 Å². The predicted octanol–water partition coefficient (Wildman–Crippen LogP) is 8.25. The zero-order valence-electron chi connectivity index (χ0n) is 18.9. The van der Waals surface area contributed by atoms with Crippen LogP contribution in [0.3, 0.4) is 0 Å². The summed E-state index contributed by atoms with van der Waals surface area (Å²) in [7, 11) is 0. The Bertz CT molecular complexity index is 399. The van der Waals surface area contributed by atoms with E-state index in [1.165, 1.54) is 109 Å². The first kappa shape index (κ1) is 22.6. The quantitative estimate of drug-likeness (QED) is 0.316. The lowest BCUT2D eigenvalue weighted by Gasteiger charge is -2.41. The van der Waals surface area contributed by atoms with Crippen molar-refractivity contribution in [3.63, 3.8) is 0 Å². The fourth-order valence-corrected chi connectivity index (χ4v) is 7.16. The van der Waals surface area contributed by atoms with Gasteiger partial charge in [-0.2, -0.15) is 0 Å². The fourth-order valence-electron chi connectivity index (χ4n) is 7.16. The van der Waals surface area contributed by atoms with Crippen LogP contribution in [-0.4, -0.2) is 11.4 Å². The first-order valence-corrected chi connectivity index (χ1v) is 13.0. The van der Waals surface area contributed by atoms with Gasteiger partial charge in [-0.3, -0.25) is 5.26 Å². The molecule has 164 valence electrons. The Morgan fingerprint density at radius 2 is 1.11 bits per heavy atom. The number of unbranched alkanes of at least 4 members (excludes halogenated alkanes) is 1. The largest absolute Gasteiger partial charge is 0.252 e. The summed E-state index contributed by atoms with van der Waals surface area (Å²) in [5.41, 5.74) is 0. The molecule has 0 aliphatic heterocycles. The molecule has 0 aromatic carbocycles. The summed E-state index contributed by atoms with van der Waals surface area (Å²) in [6.07, 6.45) is 23.7. The van der Waals surface area contributed by atoms with Gasteiger partial charge in [0.1, 0.15) is 0 Å². The summed E-state index contributed by atoms with van der Waals surface area (Å²) < 4.78 is 0. The molecule has 0 aromatic rings. The minimum Gasteiger partial charge on any atom is -0.252 e. The van der Waals surface area contributed by atoms with Crippen molar-refractivity contribution in [2.45, 2.75) is 129 Å². The van der Waals surface area contributed by atoms with Crippen LogP contribution < -0.4 is 0 Å². The highest BCUT2D eigenvalue weighted by Gasteiger charge is 2.38. The van der Waals surface area contributed by atoms with Crippen molar-refractivity contribution in [2.75, 3.05) is 0 Å². The zero-order chi connectivity index (χ0) is 19.8. The standard InChI is InChI=1S/C26H48O2/c1-3-5-7-21-10-14-24(15-11-21)26(28-27)25-18-16-23(17-19-25)22-12-8-20(6-4-2)9-13-22/h20-27H,3-19H2,1-2H3. The Hall–Kier alpha value is -0.0800. The molecule has 3 aliphatic carbocycles. The molecule has 3 saturated carbocycles. The first-order valence-electron chi connectivity index (χ1n) is 13.0. The van der Waals surface area contributed by atoms with E-state index in [4.69, 9.17) is 4.89 Å². The van der Waals surface area contributed by atoms with Gasteiger partial charge in [0.2, 0.25) is 0 Å². The molecule has 0 spiro atoms. The second-order valence-corrected chi connectivity index (χ2v) is 10.7. The molecule has 0 heterocycles. The van der Waals surface area contributed by atoms with Crippen LogP contribution in [0.5, 0.6) is 0 Å². The van der Waals surface area contributed by atoms with Crippen LogP contribution in [0.2, 0.25) is 0 Å². The molecule has 0 aromatic heterocycles. The Balaban J connectivity index is 1.40. The van der Waals surface area contributed by atoms with Crippen molar-refractivity contribution in [3.8, 4) is 0 Å². The van der Waals surface area contributed by atoms with Gasteiger partial charge < -0.3 is 0 Å². The van der Waals surface area contributed by atoms with Gasteiger partial charge in [-0.05, 0) is 86.9 Å². The van der Waals surface area contributed by atoms with E-state index in [0.717, 1.165) is 23.7 Å². The molecule has 0 bridgehead atoms. The highest BCUT2D eigenvalue weighted by molar-refractivity contribution is 4.88. The summed E-state index contributed by atoms with van der Waals surface area (Å²) in [4.78, 5) is 5.17. The molecule has 0 saturated heterocycles.